The molecular formula is C14H20N6O2. The Bertz CT molecular complexity index is 623. The van der Waals surface area contributed by atoms with Crippen molar-refractivity contribution < 1.29 is 9.53 Å². The first-order valence-corrected chi connectivity index (χ1v) is 7.49. The number of carbonyl (C=O) groups is 1. The highest BCUT2D eigenvalue weighted by atomic mass is 16.5. The number of morpholine rings is 1. The molecule has 3 rings (SSSR count). The standard InChI is InChI=1S/C14H20N6O2/c1-3-12-16-13(18-17-12)11-9-19(7-8-22-11)14(21)10(2)20-6-4-5-15-20/h4-6,10-11H,3,7-9H2,1-2H3,(H,16,17,18)/t10-,11-/m0/s1. The van der Waals surface area contributed by atoms with Gasteiger partial charge in [0.1, 0.15) is 18.0 Å². The number of carbonyl (C=O) groups excluding carboxylic acids is 1. The van der Waals surface area contributed by atoms with Crippen molar-refractivity contribution in [3.63, 3.8) is 0 Å². The van der Waals surface area contributed by atoms with Gasteiger partial charge < -0.3 is 9.64 Å². The molecule has 1 aliphatic heterocycles. The molecule has 3 heterocycles. The van der Waals surface area contributed by atoms with E-state index in [1.807, 2.05) is 19.9 Å². The summed E-state index contributed by atoms with van der Waals surface area (Å²) in [4.78, 5) is 18.8. The zero-order valence-electron chi connectivity index (χ0n) is 12.8. The number of hydrogen-bond donors (Lipinski definition) is 1. The Hall–Kier alpha value is -2.22. The van der Waals surface area contributed by atoms with Crippen LogP contribution < -0.4 is 0 Å². The Morgan fingerprint density at radius 3 is 3.14 bits per heavy atom. The van der Waals surface area contributed by atoms with E-state index in [-0.39, 0.29) is 18.1 Å². The summed E-state index contributed by atoms with van der Waals surface area (Å²) in [5, 5.41) is 11.2. The highest BCUT2D eigenvalue weighted by Crippen LogP contribution is 2.21. The average molecular weight is 304 g/mol. The molecule has 1 N–H and O–H groups in total. The number of nitrogens with one attached hydrogen (secondary N) is 1. The fourth-order valence-corrected chi connectivity index (χ4v) is 2.50. The third kappa shape index (κ3) is 2.87. The normalized spacial score (nSPS) is 20.1. The van der Waals surface area contributed by atoms with Gasteiger partial charge in [0.05, 0.1) is 13.2 Å². The summed E-state index contributed by atoms with van der Waals surface area (Å²) in [6, 6.07) is 1.48. The SMILES string of the molecule is CCc1nc([C@@H]2CN(C(=O)[C@H](C)n3cccn3)CCO2)n[nH]1. The molecule has 0 aromatic carbocycles. The van der Waals surface area contributed by atoms with E-state index in [1.165, 1.54) is 0 Å². The van der Waals surface area contributed by atoms with E-state index in [4.69, 9.17) is 4.74 Å². The Balaban J connectivity index is 1.68. The number of hydrogen-bond acceptors (Lipinski definition) is 5. The number of nitrogens with zero attached hydrogens (tertiary/aromatic N) is 5. The topological polar surface area (TPSA) is 88.9 Å². The van der Waals surface area contributed by atoms with Gasteiger partial charge in [-0.05, 0) is 13.0 Å². The van der Waals surface area contributed by atoms with Crippen molar-refractivity contribution in [3.8, 4) is 0 Å². The molecule has 2 aromatic heterocycles. The Morgan fingerprint density at radius 1 is 1.59 bits per heavy atom. The largest absolute Gasteiger partial charge is 0.366 e. The molecule has 0 unspecified atom stereocenters. The third-order valence-corrected chi connectivity index (χ3v) is 3.83. The Labute approximate surface area is 128 Å². The molecule has 2 atom stereocenters. The second kappa shape index (κ2) is 6.27. The number of H-pyrrole nitrogens is 1. The summed E-state index contributed by atoms with van der Waals surface area (Å²) >= 11 is 0. The highest BCUT2D eigenvalue weighted by molar-refractivity contribution is 5.80. The molecule has 118 valence electrons. The van der Waals surface area contributed by atoms with Crippen molar-refractivity contribution >= 4 is 5.91 Å². The van der Waals surface area contributed by atoms with Gasteiger partial charge in [-0.1, -0.05) is 6.92 Å². The van der Waals surface area contributed by atoms with Crippen LogP contribution in [0, 0.1) is 0 Å². The summed E-state index contributed by atoms with van der Waals surface area (Å²) in [6.45, 7) is 5.38. The van der Waals surface area contributed by atoms with Crippen LogP contribution in [0.2, 0.25) is 0 Å². The fraction of sp³-hybridized carbons (Fsp3) is 0.571. The van der Waals surface area contributed by atoms with Gasteiger partial charge in [-0.2, -0.15) is 10.2 Å². The predicted octanol–water partition coefficient (Wildman–Crippen LogP) is 0.725. The van der Waals surface area contributed by atoms with Gasteiger partial charge in [0, 0.05) is 25.4 Å². The molecule has 0 radical (unpaired) electrons. The number of ether oxygens (including phenoxy) is 1. The van der Waals surface area contributed by atoms with Gasteiger partial charge in [-0.25, -0.2) is 4.98 Å². The summed E-state index contributed by atoms with van der Waals surface area (Å²) in [5.41, 5.74) is 0. The van der Waals surface area contributed by atoms with Crippen molar-refractivity contribution in [2.75, 3.05) is 19.7 Å². The molecule has 0 saturated carbocycles. The van der Waals surface area contributed by atoms with E-state index in [2.05, 4.69) is 20.3 Å². The van der Waals surface area contributed by atoms with Crippen LogP contribution in [0.15, 0.2) is 18.5 Å². The van der Waals surface area contributed by atoms with Crippen LogP contribution in [0.4, 0.5) is 0 Å². The quantitative estimate of drug-likeness (QED) is 0.899. The molecule has 8 heteroatoms. The first kappa shape index (κ1) is 14.7. The summed E-state index contributed by atoms with van der Waals surface area (Å²) in [6.07, 6.45) is 3.98. The van der Waals surface area contributed by atoms with Crippen LogP contribution in [0.25, 0.3) is 0 Å². The summed E-state index contributed by atoms with van der Waals surface area (Å²) < 4.78 is 7.37. The summed E-state index contributed by atoms with van der Waals surface area (Å²) in [7, 11) is 0. The fourth-order valence-electron chi connectivity index (χ4n) is 2.50. The second-order valence-electron chi connectivity index (χ2n) is 5.30. The first-order valence-electron chi connectivity index (χ1n) is 7.49. The molecule has 8 nitrogen and oxygen atoms in total. The molecule has 1 aliphatic rings. The van der Waals surface area contributed by atoms with Crippen LogP contribution in [-0.2, 0) is 16.0 Å². The minimum atomic E-state index is -0.327. The van der Waals surface area contributed by atoms with Crippen LogP contribution in [0.3, 0.4) is 0 Å². The first-order chi connectivity index (χ1) is 10.7. The van der Waals surface area contributed by atoms with Gasteiger partial charge in [-0.15, -0.1) is 0 Å². The lowest BCUT2D eigenvalue weighted by molar-refractivity contribution is -0.142. The van der Waals surface area contributed by atoms with Crippen molar-refractivity contribution in [1.29, 1.82) is 0 Å². The molecule has 1 saturated heterocycles. The predicted molar refractivity (Wildman–Crippen MR) is 78.0 cm³/mol. The lowest BCUT2D eigenvalue weighted by atomic mass is 10.2. The molecule has 2 aromatic rings. The van der Waals surface area contributed by atoms with Gasteiger partial charge in [0.2, 0.25) is 5.91 Å². The van der Waals surface area contributed by atoms with E-state index >= 15 is 0 Å². The number of aryl methyl sites for hydroxylation is 1. The zero-order chi connectivity index (χ0) is 15.5. The maximum atomic E-state index is 12.6. The maximum Gasteiger partial charge on any atom is 0.247 e. The molecule has 1 amide bonds. The van der Waals surface area contributed by atoms with Crippen molar-refractivity contribution in [2.24, 2.45) is 0 Å². The van der Waals surface area contributed by atoms with Gasteiger partial charge in [0.15, 0.2) is 5.82 Å². The molecule has 22 heavy (non-hydrogen) atoms. The van der Waals surface area contributed by atoms with Gasteiger partial charge >= 0.3 is 0 Å². The smallest absolute Gasteiger partial charge is 0.247 e. The van der Waals surface area contributed by atoms with Crippen LogP contribution >= 0.6 is 0 Å². The minimum Gasteiger partial charge on any atom is -0.366 e. The molecule has 0 aliphatic carbocycles. The van der Waals surface area contributed by atoms with Crippen molar-refractivity contribution in [1.82, 2.24) is 29.9 Å². The average Bonchev–Trinajstić information content (AvgIpc) is 3.24. The van der Waals surface area contributed by atoms with Crippen molar-refractivity contribution in [3.05, 3.63) is 30.1 Å². The van der Waals surface area contributed by atoms with Gasteiger partial charge in [0.25, 0.3) is 0 Å². The molecule has 0 bridgehead atoms. The van der Waals surface area contributed by atoms with E-state index in [9.17, 15) is 4.79 Å². The highest BCUT2D eigenvalue weighted by Gasteiger charge is 2.30. The lowest BCUT2D eigenvalue weighted by Gasteiger charge is -2.33. The number of aromatic nitrogens is 5. The summed E-state index contributed by atoms with van der Waals surface area (Å²) in [5.74, 6) is 1.47. The van der Waals surface area contributed by atoms with Crippen LogP contribution in [0.5, 0.6) is 0 Å². The Kier molecular flexibility index (Phi) is 4.19. The van der Waals surface area contributed by atoms with E-state index in [1.54, 1.807) is 22.0 Å². The Morgan fingerprint density at radius 2 is 2.45 bits per heavy atom. The molecule has 1 fully saturated rings. The van der Waals surface area contributed by atoms with E-state index < -0.39 is 0 Å². The minimum absolute atomic E-state index is 0.0308. The van der Waals surface area contributed by atoms with E-state index in [0.717, 1.165) is 12.2 Å². The van der Waals surface area contributed by atoms with Crippen LogP contribution in [-0.4, -0.2) is 55.5 Å². The van der Waals surface area contributed by atoms with Crippen molar-refractivity contribution in [2.45, 2.75) is 32.4 Å². The monoisotopic (exact) mass is 304 g/mol. The number of rotatable bonds is 4. The second-order valence-corrected chi connectivity index (χ2v) is 5.30. The van der Waals surface area contributed by atoms with E-state index in [0.29, 0.717) is 25.5 Å². The lowest BCUT2D eigenvalue weighted by Crippen LogP contribution is -2.45. The molecule has 0 spiro atoms. The molecular weight excluding hydrogens is 284 g/mol. The number of amides is 1. The number of aromatic amines is 1. The zero-order valence-corrected chi connectivity index (χ0v) is 12.8. The maximum absolute atomic E-state index is 12.6. The van der Waals surface area contributed by atoms with Gasteiger partial charge in [-0.3, -0.25) is 14.6 Å². The van der Waals surface area contributed by atoms with Crippen LogP contribution in [0.1, 0.15) is 37.6 Å². The third-order valence-electron chi connectivity index (χ3n) is 3.83.